The zero-order valence-corrected chi connectivity index (χ0v) is 19.9. The zero-order chi connectivity index (χ0) is 21.5. The van der Waals surface area contributed by atoms with E-state index in [1.807, 2.05) is 36.4 Å². The summed E-state index contributed by atoms with van der Waals surface area (Å²) in [5.74, 6) is 0.923. The highest BCUT2D eigenvalue weighted by atomic mass is 79.9. The molecule has 0 unspecified atom stereocenters. The van der Waals surface area contributed by atoms with Gasteiger partial charge < -0.3 is 10.1 Å². The van der Waals surface area contributed by atoms with Crippen LogP contribution in [0.2, 0.25) is 5.02 Å². The van der Waals surface area contributed by atoms with Gasteiger partial charge in [0, 0.05) is 34.2 Å². The Hall–Kier alpha value is -1.85. The summed E-state index contributed by atoms with van der Waals surface area (Å²) >= 11 is 9.58. The van der Waals surface area contributed by atoms with E-state index >= 15 is 0 Å². The second-order valence-electron chi connectivity index (χ2n) is 8.08. The molecule has 3 nitrogen and oxygen atoms in total. The largest absolute Gasteiger partial charge is 0.489 e. The van der Waals surface area contributed by atoms with Gasteiger partial charge in [0.25, 0.3) is 0 Å². The second kappa shape index (κ2) is 11.1. The van der Waals surface area contributed by atoms with Crippen molar-refractivity contribution in [1.29, 1.82) is 0 Å². The topological polar surface area (TPSA) is 24.5 Å². The molecule has 1 aliphatic rings. The Labute approximate surface area is 198 Å². The van der Waals surface area contributed by atoms with Gasteiger partial charge in [-0.25, -0.2) is 0 Å². The van der Waals surface area contributed by atoms with Crippen LogP contribution in [0.1, 0.15) is 29.5 Å². The van der Waals surface area contributed by atoms with Gasteiger partial charge in [-0.2, -0.15) is 0 Å². The predicted molar refractivity (Wildman–Crippen MR) is 132 cm³/mol. The first-order valence-electron chi connectivity index (χ1n) is 10.8. The van der Waals surface area contributed by atoms with Crippen LogP contribution in [-0.2, 0) is 19.7 Å². The Morgan fingerprint density at radius 3 is 2.42 bits per heavy atom. The van der Waals surface area contributed by atoms with Crippen molar-refractivity contribution in [3.63, 3.8) is 0 Å². The average Bonchev–Trinajstić information content (AvgIpc) is 2.80. The number of rotatable bonds is 8. The van der Waals surface area contributed by atoms with Crippen molar-refractivity contribution in [3.05, 3.63) is 99.0 Å². The van der Waals surface area contributed by atoms with Crippen molar-refractivity contribution < 1.29 is 4.74 Å². The average molecular weight is 500 g/mol. The molecular formula is C26H28BrClN2O. The van der Waals surface area contributed by atoms with Crippen LogP contribution in [-0.4, -0.2) is 24.0 Å². The number of nitrogens with zero attached hydrogens (tertiary/aromatic N) is 1. The van der Waals surface area contributed by atoms with Crippen molar-refractivity contribution in [3.8, 4) is 5.75 Å². The van der Waals surface area contributed by atoms with Crippen LogP contribution in [0.25, 0.3) is 0 Å². The molecule has 1 heterocycles. The van der Waals surface area contributed by atoms with Crippen LogP contribution in [0.5, 0.6) is 5.75 Å². The molecule has 0 amide bonds. The molecule has 1 fully saturated rings. The fraction of sp³-hybridized carbons (Fsp3) is 0.308. The summed E-state index contributed by atoms with van der Waals surface area (Å²) in [6, 6.07) is 25.3. The minimum Gasteiger partial charge on any atom is -0.489 e. The molecule has 0 aliphatic carbocycles. The summed E-state index contributed by atoms with van der Waals surface area (Å²) in [4.78, 5) is 2.55. The molecule has 31 heavy (non-hydrogen) atoms. The molecule has 1 aliphatic heterocycles. The van der Waals surface area contributed by atoms with Crippen LogP contribution >= 0.6 is 27.5 Å². The van der Waals surface area contributed by atoms with Crippen LogP contribution in [0, 0.1) is 0 Å². The molecule has 0 spiro atoms. The van der Waals surface area contributed by atoms with Crippen molar-refractivity contribution >= 4 is 27.5 Å². The third-order valence-corrected chi connectivity index (χ3v) is 6.49. The zero-order valence-electron chi connectivity index (χ0n) is 17.6. The Bertz CT molecular complexity index is 957. The Morgan fingerprint density at radius 2 is 1.68 bits per heavy atom. The van der Waals surface area contributed by atoms with Gasteiger partial charge in [0.2, 0.25) is 0 Å². The van der Waals surface area contributed by atoms with Gasteiger partial charge in [-0.15, -0.1) is 0 Å². The predicted octanol–water partition coefficient (Wildman–Crippen LogP) is 6.44. The highest BCUT2D eigenvalue weighted by molar-refractivity contribution is 9.10. The first-order chi connectivity index (χ1) is 15.2. The first-order valence-corrected chi connectivity index (χ1v) is 12.0. The lowest BCUT2D eigenvalue weighted by Gasteiger charge is -2.32. The number of hydrogen-bond acceptors (Lipinski definition) is 3. The SMILES string of the molecule is Clc1ccc(COc2ccc(Br)cc2CNC2CCN(Cc3ccccc3)CC2)cc1. The van der Waals surface area contributed by atoms with E-state index in [-0.39, 0.29) is 0 Å². The number of halogens is 2. The minimum atomic E-state index is 0.531. The molecule has 0 bridgehead atoms. The van der Waals surface area contributed by atoms with E-state index in [0.29, 0.717) is 12.6 Å². The lowest BCUT2D eigenvalue weighted by molar-refractivity contribution is 0.189. The van der Waals surface area contributed by atoms with E-state index in [2.05, 4.69) is 62.5 Å². The molecule has 5 heteroatoms. The van der Waals surface area contributed by atoms with Gasteiger partial charge in [0.1, 0.15) is 12.4 Å². The fourth-order valence-corrected chi connectivity index (χ4v) is 4.49. The van der Waals surface area contributed by atoms with E-state index in [4.69, 9.17) is 16.3 Å². The number of benzene rings is 3. The highest BCUT2D eigenvalue weighted by Crippen LogP contribution is 2.25. The number of piperidine rings is 1. The molecule has 0 atom stereocenters. The Morgan fingerprint density at radius 1 is 0.935 bits per heavy atom. The molecule has 0 radical (unpaired) electrons. The Balaban J connectivity index is 1.28. The molecule has 3 aromatic carbocycles. The summed E-state index contributed by atoms with van der Waals surface area (Å²) in [5.41, 5.74) is 3.68. The maximum Gasteiger partial charge on any atom is 0.124 e. The second-order valence-corrected chi connectivity index (χ2v) is 9.44. The van der Waals surface area contributed by atoms with Crippen molar-refractivity contribution in [2.24, 2.45) is 0 Å². The first kappa shape index (κ1) is 22.3. The molecule has 0 aromatic heterocycles. The fourth-order valence-electron chi connectivity index (χ4n) is 3.96. The standard InChI is InChI=1S/C26H28BrClN2O/c27-23-8-11-26(31-19-21-6-9-24(28)10-7-21)22(16-23)17-29-25-12-14-30(15-13-25)18-20-4-2-1-3-5-20/h1-11,16,25,29H,12-15,17-19H2. The summed E-state index contributed by atoms with van der Waals surface area (Å²) < 4.78 is 7.20. The van der Waals surface area contributed by atoms with Crippen molar-refractivity contribution in [1.82, 2.24) is 10.2 Å². The lowest BCUT2D eigenvalue weighted by Crippen LogP contribution is -2.41. The Kier molecular flexibility index (Phi) is 8.03. The van der Waals surface area contributed by atoms with Gasteiger partial charge in [0.05, 0.1) is 0 Å². The minimum absolute atomic E-state index is 0.531. The van der Waals surface area contributed by atoms with E-state index in [1.54, 1.807) is 0 Å². The summed E-state index contributed by atoms with van der Waals surface area (Å²) in [6.07, 6.45) is 2.34. The van der Waals surface area contributed by atoms with Gasteiger partial charge >= 0.3 is 0 Å². The summed E-state index contributed by atoms with van der Waals surface area (Å²) in [6.45, 7) is 4.64. The van der Waals surface area contributed by atoms with E-state index in [9.17, 15) is 0 Å². The van der Waals surface area contributed by atoms with Crippen LogP contribution in [0.4, 0.5) is 0 Å². The number of ether oxygens (including phenoxy) is 1. The molecule has 3 aromatic rings. The van der Waals surface area contributed by atoms with Gasteiger partial charge in [-0.1, -0.05) is 70.0 Å². The quantitative estimate of drug-likeness (QED) is 0.386. The van der Waals surface area contributed by atoms with Crippen molar-refractivity contribution in [2.75, 3.05) is 13.1 Å². The summed E-state index contributed by atoms with van der Waals surface area (Å²) in [7, 11) is 0. The molecular weight excluding hydrogens is 472 g/mol. The van der Waals surface area contributed by atoms with Crippen LogP contribution in [0.3, 0.4) is 0 Å². The number of hydrogen-bond donors (Lipinski definition) is 1. The normalized spacial score (nSPS) is 15.2. The molecule has 0 saturated carbocycles. The third-order valence-electron chi connectivity index (χ3n) is 5.75. The van der Waals surface area contributed by atoms with Crippen molar-refractivity contribution in [2.45, 2.75) is 38.6 Å². The molecule has 1 saturated heterocycles. The number of nitrogens with one attached hydrogen (secondary N) is 1. The van der Waals surface area contributed by atoms with Crippen LogP contribution < -0.4 is 10.1 Å². The maximum absolute atomic E-state index is 6.13. The molecule has 4 rings (SSSR count). The van der Waals surface area contributed by atoms with E-state index in [0.717, 1.165) is 47.0 Å². The van der Waals surface area contributed by atoms with E-state index in [1.165, 1.54) is 24.0 Å². The maximum atomic E-state index is 6.13. The van der Waals surface area contributed by atoms with Gasteiger partial charge in [0.15, 0.2) is 0 Å². The lowest BCUT2D eigenvalue weighted by atomic mass is 10.0. The highest BCUT2D eigenvalue weighted by Gasteiger charge is 2.19. The van der Waals surface area contributed by atoms with Gasteiger partial charge in [-0.05, 0) is 67.4 Å². The van der Waals surface area contributed by atoms with Gasteiger partial charge in [-0.3, -0.25) is 4.90 Å². The molecule has 162 valence electrons. The monoisotopic (exact) mass is 498 g/mol. The molecule has 1 N–H and O–H groups in total. The van der Waals surface area contributed by atoms with Crippen LogP contribution in [0.15, 0.2) is 77.3 Å². The third kappa shape index (κ3) is 6.81. The summed E-state index contributed by atoms with van der Waals surface area (Å²) in [5, 5.41) is 4.49. The number of likely N-dealkylation sites (tertiary alicyclic amines) is 1. The smallest absolute Gasteiger partial charge is 0.124 e. The van der Waals surface area contributed by atoms with E-state index < -0.39 is 0 Å².